The van der Waals surface area contributed by atoms with Crippen molar-refractivity contribution in [3.05, 3.63) is 70.3 Å². The molecule has 3 rings (SSSR count). The van der Waals surface area contributed by atoms with Gasteiger partial charge in [0, 0.05) is 47.0 Å². The maximum absolute atomic E-state index is 5.60. The number of rotatable bonds is 10. The van der Waals surface area contributed by atoms with E-state index in [1.165, 1.54) is 0 Å². The molecule has 8 heteroatoms. The van der Waals surface area contributed by atoms with Crippen molar-refractivity contribution in [3.63, 3.8) is 0 Å². The summed E-state index contributed by atoms with van der Waals surface area (Å²) >= 11 is 5.09. The largest absolute Gasteiger partial charge is 0.497 e. The molecule has 0 amide bonds. The van der Waals surface area contributed by atoms with Crippen molar-refractivity contribution in [1.29, 1.82) is 0 Å². The minimum atomic E-state index is 0.626. The number of pyridine rings is 1. The van der Waals surface area contributed by atoms with Crippen LogP contribution in [0.15, 0.2) is 64.2 Å². The van der Waals surface area contributed by atoms with Crippen molar-refractivity contribution in [3.8, 4) is 23.0 Å². The van der Waals surface area contributed by atoms with Crippen molar-refractivity contribution in [2.24, 2.45) is 0 Å². The predicted octanol–water partition coefficient (Wildman–Crippen LogP) is 5.59. The molecular weight excluding hydrogens is 480 g/mol. The molecule has 3 aromatic rings. The van der Waals surface area contributed by atoms with Gasteiger partial charge in [-0.3, -0.25) is 0 Å². The van der Waals surface area contributed by atoms with E-state index in [0.29, 0.717) is 13.1 Å². The monoisotopic (exact) mass is 504 g/mol. The van der Waals surface area contributed by atoms with Crippen LogP contribution in [0.2, 0.25) is 0 Å². The van der Waals surface area contributed by atoms with Crippen molar-refractivity contribution >= 4 is 27.9 Å². The summed E-state index contributed by atoms with van der Waals surface area (Å²) in [5.74, 6) is 3.05. The Hall–Kier alpha value is -2.42. The second-order valence-corrected chi connectivity index (χ2v) is 8.59. The van der Waals surface area contributed by atoms with Gasteiger partial charge in [0.2, 0.25) is 0 Å². The first kappa shape index (κ1) is 23.2. The summed E-state index contributed by atoms with van der Waals surface area (Å²) in [5.41, 5.74) is 2.08. The average molecular weight is 505 g/mol. The number of halogens is 1. The summed E-state index contributed by atoms with van der Waals surface area (Å²) in [6.45, 7) is 1.25. The quantitative estimate of drug-likeness (QED) is 0.333. The van der Waals surface area contributed by atoms with Crippen LogP contribution < -0.4 is 18.9 Å². The Balaban J connectivity index is 1.92. The van der Waals surface area contributed by atoms with E-state index in [2.05, 4.69) is 25.2 Å². The molecule has 2 aromatic carbocycles. The normalized spacial score (nSPS) is 10.8. The molecule has 0 radical (unpaired) electrons. The average Bonchev–Trinajstić information content (AvgIpc) is 2.79. The van der Waals surface area contributed by atoms with E-state index >= 15 is 0 Å². The van der Waals surface area contributed by atoms with Crippen molar-refractivity contribution < 1.29 is 18.9 Å². The Morgan fingerprint density at radius 3 is 1.77 bits per heavy atom. The van der Waals surface area contributed by atoms with Gasteiger partial charge in [0.05, 0.1) is 28.4 Å². The number of benzene rings is 2. The molecule has 0 fully saturated rings. The molecule has 0 atom stereocenters. The molecule has 0 aliphatic carbocycles. The van der Waals surface area contributed by atoms with E-state index in [1.807, 2.05) is 48.5 Å². The third-order valence-electron chi connectivity index (χ3n) is 4.60. The van der Waals surface area contributed by atoms with Gasteiger partial charge in [-0.05, 0) is 36.2 Å². The van der Waals surface area contributed by atoms with Crippen LogP contribution in [0.3, 0.4) is 0 Å². The maximum atomic E-state index is 5.60. The lowest BCUT2D eigenvalue weighted by molar-refractivity contribution is 0.372. The highest BCUT2D eigenvalue weighted by Gasteiger charge is 2.17. The topological polar surface area (TPSA) is 53.1 Å². The predicted molar refractivity (Wildman–Crippen MR) is 126 cm³/mol. The van der Waals surface area contributed by atoms with Gasteiger partial charge in [0.15, 0.2) is 0 Å². The molecule has 1 heterocycles. The van der Waals surface area contributed by atoms with Crippen LogP contribution in [-0.2, 0) is 13.1 Å². The van der Waals surface area contributed by atoms with Crippen LogP contribution in [0.1, 0.15) is 11.1 Å². The van der Waals surface area contributed by atoms with Crippen LogP contribution in [0.5, 0.6) is 23.0 Å². The van der Waals surface area contributed by atoms with E-state index < -0.39 is 0 Å². The number of hydrogen-bond donors (Lipinski definition) is 0. The van der Waals surface area contributed by atoms with Crippen LogP contribution in [0.4, 0.5) is 0 Å². The van der Waals surface area contributed by atoms with Gasteiger partial charge in [0.1, 0.15) is 28.0 Å². The summed E-state index contributed by atoms with van der Waals surface area (Å²) in [6, 6.07) is 15.6. The lowest BCUT2D eigenvalue weighted by Crippen LogP contribution is -2.16. The Labute approximate surface area is 195 Å². The highest BCUT2D eigenvalue weighted by atomic mass is 79.9. The zero-order valence-electron chi connectivity index (χ0n) is 17.9. The zero-order valence-corrected chi connectivity index (χ0v) is 20.3. The third-order valence-corrected chi connectivity index (χ3v) is 6.02. The zero-order chi connectivity index (χ0) is 22.2. The molecule has 0 unspecified atom stereocenters. The number of nitrogens with zero attached hydrogens (tertiary/aromatic N) is 2. The smallest absolute Gasteiger partial charge is 0.127 e. The molecular formula is C23H25BrN2O4S. The number of methoxy groups -OCH3 is 4. The molecule has 0 saturated heterocycles. The van der Waals surface area contributed by atoms with Crippen molar-refractivity contribution in [1.82, 2.24) is 9.29 Å². The number of aromatic nitrogens is 1. The van der Waals surface area contributed by atoms with Crippen molar-refractivity contribution in [2.45, 2.75) is 18.1 Å². The summed E-state index contributed by atoms with van der Waals surface area (Å²) in [4.78, 5) is 4.49. The Morgan fingerprint density at radius 2 is 1.32 bits per heavy atom. The second-order valence-electron chi connectivity index (χ2n) is 6.56. The molecule has 0 saturated carbocycles. The summed E-state index contributed by atoms with van der Waals surface area (Å²) in [7, 11) is 6.62. The maximum Gasteiger partial charge on any atom is 0.127 e. The first-order valence-corrected chi connectivity index (χ1v) is 11.1. The standard InChI is InChI=1S/C23H25BrN2O4S/c1-27-19-7-5-16(21(12-19)29-3)14-26(31-23-11-18(24)9-10-25-23)15-17-6-8-20(28-2)13-22(17)30-4/h5-13H,14-15H2,1-4H3. The van der Waals surface area contributed by atoms with E-state index in [4.69, 9.17) is 18.9 Å². The van der Waals surface area contributed by atoms with Gasteiger partial charge in [-0.15, -0.1) is 0 Å². The van der Waals surface area contributed by atoms with Crippen LogP contribution in [0, 0.1) is 0 Å². The molecule has 31 heavy (non-hydrogen) atoms. The van der Waals surface area contributed by atoms with Crippen molar-refractivity contribution in [2.75, 3.05) is 28.4 Å². The minimum Gasteiger partial charge on any atom is -0.497 e. The molecule has 1 aromatic heterocycles. The molecule has 0 aliphatic heterocycles. The molecule has 164 valence electrons. The van der Waals surface area contributed by atoms with Gasteiger partial charge >= 0.3 is 0 Å². The fourth-order valence-corrected chi connectivity index (χ4v) is 4.48. The molecule has 0 N–H and O–H groups in total. The van der Waals surface area contributed by atoms with Gasteiger partial charge in [-0.2, -0.15) is 0 Å². The molecule has 0 spiro atoms. The number of hydrogen-bond acceptors (Lipinski definition) is 7. The van der Waals surface area contributed by atoms with Crippen LogP contribution in [0.25, 0.3) is 0 Å². The van der Waals surface area contributed by atoms with E-state index in [9.17, 15) is 0 Å². The lowest BCUT2D eigenvalue weighted by Gasteiger charge is -2.23. The molecule has 0 aliphatic rings. The Bertz CT molecular complexity index is 961. The summed E-state index contributed by atoms with van der Waals surface area (Å²) in [5, 5.41) is 0.884. The van der Waals surface area contributed by atoms with Gasteiger partial charge in [-0.25, -0.2) is 9.29 Å². The fraction of sp³-hybridized carbons (Fsp3) is 0.261. The SMILES string of the molecule is COc1ccc(CN(Cc2ccc(OC)cc2OC)Sc2cc(Br)ccn2)c(OC)c1. The first-order valence-electron chi connectivity index (χ1n) is 9.52. The summed E-state index contributed by atoms with van der Waals surface area (Å²) < 4.78 is 25.1. The highest BCUT2D eigenvalue weighted by Crippen LogP contribution is 2.34. The van der Waals surface area contributed by atoms with E-state index in [0.717, 1.165) is 43.6 Å². The highest BCUT2D eigenvalue weighted by molar-refractivity contribution is 9.10. The Morgan fingerprint density at radius 1 is 0.774 bits per heavy atom. The second kappa shape index (κ2) is 11.3. The number of ether oxygens (including phenoxy) is 4. The minimum absolute atomic E-state index is 0.626. The first-order chi connectivity index (χ1) is 15.1. The lowest BCUT2D eigenvalue weighted by atomic mass is 10.1. The Kier molecular flexibility index (Phi) is 8.45. The summed E-state index contributed by atoms with van der Waals surface area (Å²) in [6.07, 6.45) is 1.78. The molecule has 0 bridgehead atoms. The van der Waals surface area contributed by atoms with Crippen LogP contribution >= 0.6 is 27.9 Å². The van der Waals surface area contributed by atoms with Gasteiger partial charge < -0.3 is 18.9 Å². The van der Waals surface area contributed by atoms with E-state index in [-0.39, 0.29) is 0 Å². The van der Waals surface area contributed by atoms with Crippen LogP contribution in [-0.4, -0.2) is 37.7 Å². The third kappa shape index (κ3) is 6.29. The van der Waals surface area contributed by atoms with Gasteiger partial charge in [0.25, 0.3) is 0 Å². The molecule has 6 nitrogen and oxygen atoms in total. The van der Waals surface area contributed by atoms with Gasteiger partial charge in [-0.1, -0.05) is 28.1 Å². The van der Waals surface area contributed by atoms with E-state index in [1.54, 1.807) is 46.6 Å². The fourth-order valence-electron chi connectivity index (χ4n) is 3.03.